The number of aromatic carboxylic acids is 2. The van der Waals surface area contributed by atoms with E-state index in [0.717, 1.165) is 24.3 Å². The first-order valence-electron chi connectivity index (χ1n) is 7.95. The molecule has 12 heteroatoms. The summed E-state index contributed by atoms with van der Waals surface area (Å²) in [6, 6.07) is 5.84. The first kappa shape index (κ1) is 21.3. The predicted molar refractivity (Wildman–Crippen MR) is 85.6 cm³/mol. The highest BCUT2D eigenvalue weighted by Gasteiger charge is 3.03. The average Bonchev–Trinajstić information content (AvgIpc) is 2.67. The molecule has 0 unspecified atom stereocenters. The molecule has 0 radical (unpaired) electrons. The van der Waals surface area contributed by atoms with Gasteiger partial charge in [0.05, 0.1) is 11.1 Å². The normalized spacial score (nSPS) is 26.3. The number of alkyl halides is 6. The van der Waals surface area contributed by atoms with Crippen molar-refractivity contribution < 1.29 is 55.6 Å². The number of carboxylic acid groups (broad SMARTS) is 2. The Bertz CT molecular complexity index is 912. The fourth-order valence-electron chi connectivity index (χ4n) is 2.66. The molecule has 0 amide bonds. The first-order chi connectivity index (χ1) is 13.8. The summed E-state index contributed by atoms with van der Waals surface area (Å²) in [5.74, 6) is -25.9. The SMILES string of the molecule is O=C(O)c1ccc(O[C@]2(F)C(F)(F)C(F)(F)[C@@]2(F)Oc2ccc(C(=O)O)cc2)cc1. The highest BCUT2D eigenvalue weighted by atomic mass is 19.3. The van der Waals surface area contributed by atoms with Crippen LogP contribution in [0.1, 0.15) is 20.7 Å². The molecule has 2 aromatic carbocycles. The molecule has 160 valence electrons. The highest BCUT2D eigenvalue weighted by Crippen LogP contribution is 2.68. The molecule has 1 aliphatic rings. The van der Waals surface area contributed by atoms with Gasteiger partial charge < -0.3 is 19.7 Å². The van der Waals surface area contributed by atoms with E-state index < -0.39 is 47.0 Å². The lowest BCUT2D eigenvalue weighted by molar-refractivity contribution is -0.527. The van der Waals surface area contributed by atoms with Crippen molar-refractivity contribution in [3.63, 3.8) is 0 Å². The van der Waals surface area contributed by atoms with Crippen LogP contribution in [0, 0.1) is 0 Å². The zero-order valence-electron chi connectivity index (χ0n) is 14.4. The van der Waals surface area contributed by atoms with Gasteiger partial charge in [-0.2, -0.15) is 26.3 Å². The van der Waals surface area contributed by atoms with Gasteiger partial charge in [0.25, 0.3) is 0 Å². The van der Waals surface area contributed by atoms with Crippen molar-refractivity contribution >= 4 is 11.9 Å². The number of carboxylic acids is 2. The maximum Gasteiger partial charge on any atom is 0.395 e. The van der Waals surface area contributed by atoms with Crippen LogP contribution in [0.3, 0.4) is 0 Å². The molecule has 2 N–H and O–H groups in total. The van der Waals surface area contributed by atoms with E-state index in [1.165, 1.54) is 0 Å². The standard InChI is InChI=1S/C18H10F6O6/c19-15(20)16(21,22)18(24,30-12-7-3-10(4-8-12)14(27)28)17(15,23)29-11-5-1-9(2-6-11)13(25)26/h1-8H,(H,25,26)(H,27,28)/t17-,18-/m1/s1. The summed E-state index contributed by atoms with van der Waals surface area (Å²) >= 11 is 0. The van der Waals surface area contributed by atoms with Crippen LogP contribution >= 0.6 is 0 Å². The number of ether oxygens (including phenoxy) is 2. The Morgan fingerprint density at radius 3 is 1.10 bits per heavy atom. The van der Waals surface area contributed by atoms with Gasteiger partial charge in [0.2, 0.25) is 0 Å². The van der Waals surface area contributed by atoms with Crippen LogP contribution in [0.2, 0.25) is 0 Å². The van der Waals surface area contributed by atoms with Crippen LogP contribution in [0.5, 0.6) is 11.5 Å². The Kier molecular flexibility index (Phi) is 4.64. The van der Waals surface area contributed by atoms with Gasteiger partial charge in [0, 0.05) is 0 Å². The first-order valence-corrected chi connectivity index (χ1v) is 7.95. The molecule has 0 aliphatic heterocycles. The summed E-state index contributed by atoms with van der Waals surface area (Å²) in [4.78, 5) is 21.5. The van der Waals surface area contributed by atoms with Gasteiger partial charge >= 0.3 is 35.5 Å². The lowest BCUT2D eigenvalue weighted by atomic mass is 9.76. The van der Waals surface area contributed by atoms with Crippen molar-refractivity contribution in [2.75, 3.05) is 0 Å². The van der Waals surface area contributed by atoms with E-state index in [1.807, 2.05) is 0 Å². The van der Waals surface area contributed by atoms with Gasteiger partial charge in [-0.1, -0.05) is 0 Å². The van der Waals surface area contributed by atoms with Crippen LogP contribution in [-0.2, 0) is 0 Å². The quantitative estimate of drug-likeness (QED) is 0.661. The van der Waals surface area contributed by atoms with E-state index in [0.29, 0.717) is 24.3 Å². The van der Waals surface area contributed by atoms with E-state index in [2.05, 4.69) is 9.47 Å². The Hall–Kier alpha value is -3.44. The van der Waals surface area contributed by atoms with Crippen LogP contribution in [0.4, 0.5) is 26.3 Å². The average molecular weight is 436 g/mol. The van der Waals surface area contributed by atoms with Gasteiger partial charge in [0.15, 0.2) is 0 Å². The molecule has 0 aromatic heterocycles. The second-order valence-electron chi connectivity index (χ2n) is 6.20. The van der Waals surface area contributed by atoms with Gasteiger partial charge in [-0.15, -0.1) is 0 Å². The molecule has 0 spiro atoms. The second kappa shape index (κ2) is 6.54. The van der Waals surface area contributed by atoms with Crippen LogP contribution in [0.15, 0.2) is 48.5 Å². The lowest BCUT2D eigenvalue weighted by Crippen LogP contribution is -2.89. The molecule has 1 aliphatic carbocycles. The van der Waals surface area contributed by atoms with E-state index in [-0.39, 0.29) is 11.1 Å². The zero-order valence-corrected chi connectivity index (χ0v) is 14.4. The molecule has 0 bridgehead atoms. The summed E-state index contributed by atoms with van der Waals surface area (Å²) < 4.78 is 93.7. The fraction of sp³-hybridized carbons (Fsp3) is 0.222. The number of hydrogen-bond donors (Lipinski definition) is 2. The smallest absolute Gasteiger partial charge is 0.395 e. The number of benzene rings is 2. The predicted octanol–water partition coefficient (Wildman–Crippen LogP) is 4.16. The minimum absolute atomic E-state index is 0.359. The van der Waals surface area contributed by atoms with E-state index in [9.17, 15) is 35.9 Å². The summed E-state index contributed by atoms with van der Waals surface area (Å²) in [5, 5.41) is 17.5. The molecule has 30 heavy (non-hydrogen) atoms. The Morgan fingerprint density at radius 1 is 0.600 bits per heavy atom. The molecular weight excluding hydrogens is 426 g/mol. The van der Waals surface area contributed by atoms with Crippen molar-refractivity contribution in [1.29, 1.82) is 0 Å². The molecule has 3 rings (SSSR count). The molecular formula is C18H10F6O6. The molecule has 1 saturated carbocycles. The van der Waals surface area contributed by atoms with Crippen LogP contribution < -0.4 is 9.47 Å². The fourth-order valence-corrected chi connectivity index (χ4v) is 2.66. The third-order valence-corrected chi connectivity index (χ3v) is 4.34. The van der Waals surface area contributed by atoms with Crippen molar-refractivity contribution in [2.24, 2.45) is 0 Å². The molecule has 6 nitrogen and oxygen atoms in total. The monoisotopic (exact) mass is 436 g/mol. The maximum atomic E-state index is 14.9. The van der Waals surface area contributed by atoms with E-state index >= 15 is 0 Å². The summed E-state index contributed by atoms with van der Waals surface area (Å²) in [6.45, 7) is 0. The molecule has 0 saturated heterocycles. The third kappa shape index (κ3) is 2.74. The van der Waals surface area contributed by atoms with Crippen LogP contribution in [-0.4, -0.2) is 45.7 Å². The Balaban J connectivity index is 1.95. The minimum atomic E-state index is -5.67. The number of rotatable bonds is 6. The Morgan fingerprint density at radius 2 is 0.867 bits per heavy atom. The van der Waals surface area contributed by atoms with Crippen molar-refractivity contribution in [1.82, 2.24) is 0 Å². The Labute approximate surface area is 163 Å². The van der Waals surface area contributed by atoms with Crippen molar-refractivity contribution in [3.05, 3.63) is 59.7 Å². The van der Waals surface area contributed by atoms with Crippen molar-refractivity contribution in [3.8, 4) is 11.5 Å². The highest BCUT2D eigenvalue weighted by molar-refractivity contribution is 5.88. The summed E-state index contributed by atoms with van der Waals surface area (Å²) in [5.41, 5.74) is -0.718. The number of halogens is 6. The van der Waals surface area contributed by atoms with Gasteiger partial charge in [-0.3, -0.25) is 0 Å². The molecule has 2 atom stereocenters. The topological polar surface area (TPSA) is 93.1 Å². The summed E-state index contributed by atoms with van der Waals surface area (Å²) in [7, 11) is 0. The van der Waals surface area contributed by atoms with Crippen molar-refractivity contribution in [2.45, 2.75) is 23.6 Å². The zero-order chi connectivity index (χ0) is 22.5. The largest absolute Gasteiger partial charge is 0.478 e. The number of carbonyl (C=O) groups is 2. The molecule has 1 fully saturated rings. The molecule has 0 heterocycles. The van der Waals surface area contributed by atoms with Gasteiger partial charge in [-0.25, -0.2) is 9.59 Å². The number of hydrogen-bond acceptors (Lipinski definition) is 4. The third-order valence-electron chi connectivity index (χ3n) is 4.34. The lowest BCUT2D eigenvalue weighted by Gasteiger charge is -2.55. The van der Waals surface area contributed by atoms with Gasteiger partial charge in [0.1, 0.15) is 11.5 Å². The maximum absolute atomic E-state index is 14.9. The molecule has 2 aromatic rings. The van der Waals surface area contributed by atoms with Gasteiger partial charge in [-0.05, 0) is 48.5 Å². The second-order valence-corrected chi connectivity index (χ2v) is 6.20. The summed E-state index contributed by atoms with van der Waals surface area (Å²) in [6.07, 6.45) is 0. The minimum Gasteiger partial charge on any atom is -0.478 e. The van der Waals surface area contributed by atoms with Crippen LogP contribution in [0.25, 0.3) is 0 Å². The van der Waals surface area contributed by atoms with E-state index in [4.69, 9.17) is 10.2 Å². The van der Waals surface area contributed by atoms with E-state index in [1.54, 1.807) is 0 Å².